The molecule has 2 aromatic carbocycles. The van der Waals surface area contributed by atoms with Gasteiger partial charge in [0.15, 0.2) is 6.10 Å². The average Bonchev–Trinajstić information content (AvgIpc) is 2.73. The molecule has 30 heavy (non-hydrogen) atoms. The van der Waals surface area contributed by atoms with Gasteiger partial charge >= 0.3 is 0 Å². The van der Waals surface area contributed by atoms with Crippen LogP contribution in [0.25, 0.3) is 0 Å². The van der Waals surface area contributed by atoms with E-state index in [0.717, 1.165) is 5.56 Å². The molecule has 0 aliphatic rings. The predicted octanol–water partition coefficient (Wildman–Crippen LogP) is 3.99. The van der Waals surface area contributed by atoms with E-state index in [-0.39, 0.29) is 10.8 Å². The molecule has 0 fully saturated rings. The Morgan fingerprint density at radius 3 is 2.47 bits per heavy atom. The molecule has 3 rings (SSSR count). The highest BCUT2D eigenvalue weighted by Gasteiger charge is 2.19. The molecule has 1 atom stereocenters. The fourth-order valence-electron chi connectivity index (χ4n) is 2.75. The zero-order chi connectivity index (χ0) is 21.6. The summed E-state index contributed by atoms with van der Waals surface area (Å²) in [7, 11) is -3.75. The van der Waals surface area contributed by atoms with Gasteiger partial charge in [-0.1, -0.05) is 19.1 Å². The van der Waals surface area contributed by atoms with Crippen molar-refractivity contribution in [3.63, 3.8) is 0 Å². The first-order chi connectivity index (χ1) is 14.4. The highest BCUT2D eigenvalue weighted by atomic mass is 32.2. The van der Waals surface area contributed by atoms with Crippen molar-refractivity contribution in [2.45, 2.75) is 31.3 Å². The summed E-state index contributed by atoms with van der Waals surface area (Å²) in [6.07, 6.45) is 2.80. The molecular formula is C22H23N3O4S. The van der Waals surface area contributed by atoms with Crippen LogP contribution in [-0.4, -0.2) is 25.4 Å². The van der Waals surface area contributed by atoms with Crippen LogP contribution in [0.3, 0.4) is 0 Å². The number of benzene rings is 2. The number of nitrogens with zero attached hydrogens (tertiary/aromatic N) is 1. The van der Waals surface area contributed by atoms with Crippen LogP contribution in [0.15, 0.2) is 78.0 Å². The molecule has 0 saturated carbocycles. The number of carbonyl (C=O) groups is 1. The van der Waals surface area contributed by atoms with Gasteiger partial charge in [0.2, 0.25) is 0 Å². The maximum absolute atomic E-state index is 12.6. The number of hydrogen-bond donors (Lipinski definition) is 2. The van der Waals surface area contributed by atoms with E-state index in [9.17, 15) is 13.2 Å². The van der Waals surface area contributed by atoms with Crippen molar-refractivity contribution < 1.29 is 17.9 Å². The molecule has 0 radical (unpaired) electrons. The summed E-state index contributed by atoms with van der Waals surface area (Å²) >= 11 is 0. The van der Waals surface area contributed by atoms with Crippen LogP contribution in [0, 0.1) is 6.92 Å². The van der Waals surface area contributed by atoms with Crippen LogP contribution in [0.5, 0.6) is 5.75 Å². The van der Waals surface area contributed by atoms with E-state index >= 15 is 0 Å². The van der Waals surface area contributed by atoms with Crippen LogP contribution < -0.4 is 14.8 Å². The quantitative estimate of drug-likeness (QED) is 0.569. The van der Waals surface area contributed by atoms with E-state index in [0.29, 0.717) is 23.5 Å². The Hall–Kier alpha value is -3.39. The SMILES string of the molecule is CC[C@@H](Oc1cccc(C)c1)C(=O)Nc1ccc(S(=O)(=O)Nc2cccnc2)cc1. The number of amides is 1. The average molecular weight is 426 g/mol. The van der Waals surface area contributed by atoms with E-state index in [1.165, 1.54) is 30.5 Å². The summed E-state index contributed by atoms with van der Waals surface area (Å²) in [5.41, 5.74) is 1.89. The molecule has 0 saturated heterocycles. The summed E-state index contributed by atoms with van der Waals surface area (Å²) in [4.78, 5) is 16.5. The monoisotopic (exact) mass is 425 g/mol. The van der Waals surface area contributed by atoms with E-state index in [1.54, 1.807) is 24.4 Å². The maximum Gasteiger partial charge on any atom is 0.265 e. The Bertz CT molecular complexity index is 1100. The summed E-state index contributed by atoms with van der Waals surface area (Å²) in [6, 6.07) is 16.7. The number of aromatic nitrogens is 1. The number of aryl methyl sites for hydroxylation is 1. The molecule has 1 aromatic heterocycles. The summed E-state index contributed by atoms with van der Waals surface area (Å²) in [6.45, 7) is 3.81. The molecule has 2 N–H and O–H groups in total. The molecule has 1 heterocycles. The fourth-order valence-corrected chi connectivity index (χ4v) is 3.80. The predicted molar refractivity (Wildman–Crippen MR) is 116 cm³/mol. The number of anilines is 2. The van der Waals surface area contributed by atoms with Gasteiger partial charge in [-0.25, -0.2) is 8.42 Å². The fraction of sp³-hybridized carbons (Fsp3) is 0.182. The van der Waals surface area contributed by atoms with E-state index in [2.05, 4.69) is 15.0 Å². The molecule has 0 unspecified atom stereocenters. The van der Waals surface area contributed by atoms with E-state index < -0.39 is 16.1 Å². The van der Waals surface area contributed by atoms with Crippen molar-refractivity contribution in [3.05, 3.63) is 78.6 Å². The first-order valence-corrected chi connectivity index (χ1v) is 10.9. The van der Waals surface area contributed by atoms with Crippen LogP contribution in [0.4, 0.5) is 11.4 Å². The lowest BCUT2D eigenvalue weighted by molar-refractivity contribution is -0.122. The third-order valence-corrected chi connectivity index (χ3v) is 5.67. The van der Waals surface area contributed by atoms with Gasteiger partial charge in [-0.3, -0.25) is 14.5 Å². The highest BCUT2D eigenvalue weighted by Crippen LogP contribution is 2.19. The van der Waals surface area contributed by atoms with Gasteiger partial charge in [-0.2, -0.15) is 0 Å². The smallest absolute Gasteiger partial charge is 0.265 e. The second-order valence-corrected chi connectivity index (χ2v) is 8.37. The third-order valence-electron chi connectivity index (χ3n) is 4.28. The number of carbonyl (C=O) groups excluding carboxylic acids is 1. The van der Waals surface area contributed by atoms with Crippen molar-refractivity contribution >= 4 is 27.3 Å². The molecule has 1 amide bonds. The van der Waals surface area contributed by atoms with Crippen LogP contribution >= 0.6 is 0 Å². The molecule has 8 heteroatoms. The minimum atomic E-state index is -3.75. The van der Waals surface area contributed by atoms with Gasteiger partial charge in [-0.15, -0.1) is 0 Å². The molecule has 7 nitrogen and oxygen atoms in total. The molecule has 0 spiro atoms. The number of sulfonamides is 1. The lowest BCUT2D eigenvalue weighted by Crippen LogP contribution is -2.32. The minimum Gasteiger partial charge on any atom is -0.481 e. The Morgan fingerprint density at radius 2 is 1.83 bits per heavy atom. The molecule has 3 aromatic rings. The van der Waals surface area contributed by atoms with Gasteiger partial charge in [-0.05, 0) is 67.4 Å². The molecular weight excluding hydrogens is 402 g/mol. The number of ether oxygens (including phenoxy) is 1. The third kappa shape index (κ3) is 5.57. The second-order valence-electron chi connectivity index (χ2n) is 6.69. The van der Waals surface area contributed by atoms with Gasteiger partial charge in [0.1, 0.15) is 5.75 Å². The Morgan fingerprint density at radius 1 is 1.07 bits per heavy atom. The first-order valence-electron chi connectivity index (χ1n) is 9.44. The topological polar surface area (TPSA) is 97.4 Å². The van der Waals surface area contributed by atoms with E-state index in [1.807, 2.05) is 32.0 Å². The van der Waals surface area contributed by atoms with Crippen molar-refractivity contribution in [1.29, 1.82) is 0 Å². The van der Waals surface area contributed by atoms with Gasteiger partial charge in [0.25, 0.3) is 15.9 Å². The molecule has 0 aliphatic heterocycles. The number of rotatable bonds is 8. The van der Waals surface area contributed by atoms with Crippen LogP contribution in [-0.2, 0) is 14.8 Å². The number of hydrogen-bond acceptors (Lipinski definition) is 5. The van der Waals surface area contributed by atoms with Crippen molar-refractivity contribution in [2.75, 3.05) is 10.0 Å². The van der Waals surface area contributed by atoms with Crippen LogP contribution in [0.1, 0.15) is 18.9 Å². The van der Waals surface area contributed by atoms with Crippen molar-refractivity contribution in [2.24, 2.45) is 0 Å². The van der Waals surface area contributed by atoms with Crippen molar-refractivity contribution in [1.82, 2.24) is 4.98 Å². The lowest BCUT2D eigenvalue weighted by atomic mass is 10.2. The minimum absolute atomic E-state index is 0.0763. The number of nitrogens with one attached hydrogen (secondary N) is 2. The maximum atomic E-state index is 12.6. The van der Waals surface area contributed by atoms with Gasteiger partial charge in [0, 0.05) is 11.9 Å². The summed E-state index contributed by atoms with van der Waals surface area (Å²) in [5, 5.41) is 2.77. The van der Waals surface area contributed by atoms with Gasteiger partial charge in [0.05, 0.1) is 16.8 Å². The molecule has 0 bridgehead atoms. The number of pyridine rings is 1. The molecule has 0 aliphatic carbocycles. The largest absolute Gasteiger partial charge is 0.481 e. The lowest BCUT2D eigenvalue weighted by Gasteiger charge is -2.17. The Labute approximate surface area is 176 Å². The normalized spacial score (nSPS) is 12.1. The standard InChI is InChI=1S/C22H23N3O4S/c1-3-21(29-19-8-4-6-16(2)14-19)22(26)24-17-9-11-20(12-10-17)30(27,28)25-18-7-5-13-23-15-18/h4-15,21,25H,3H2,1-2H3,(H,24,26)/t21-/m1/s1. The Balaban J connectivity index is 1.66. The zero-order valence-electron chi connectivity index (χ0n) is 16.7. The summed E-state index contributed by atoms with van der Waals surface area (Å²) in [5.74, 6) is 0.322. The first kappa shape index (κ1) is 21.3. The summed E-state index contributed by atoms with van der Waals surface area (Å²) < 4.78 is 33.2. The van der Waals surface area contributed by atoms with Crippen molar-refractivity contribution in [3.8, 4) is 5.75 Å². The highest BCUT2D eigenvalue weighted by molar-refractivity contribution is 7.92. The zero-order valence-corrected chi connectivity index (χ0v) is 17.5. The van der Waals surface area contributed by atoms with E-state index in [4.69, 9.17) is 4.74 Å². The molecule has 156 valence electrons. The Kier molecular flexibility index (Phi) is 6.68. The van der Waals surface area contributed by atoms with Crippen LogP contribution in [0.2, 0.25) is 0 Å². The van der Waals surface area contributed by atoms with Gasteiger partial charge < -0.3 is 10.1 Å². The second kappa shape index (κ2) is 9.41.